The molecule has 0 saturated heterocycles. The van der Waals surface area contributed by atoms with Crippen LogP contribution < -0.4 is 5.32 Å². The normalized spacial score (nSPS) is 13.6. The molecule has 4 heteroatoms. The lowest BCUT2D eigenvalue weighted by Crippen LogP contribution is -2.31. The fraction of sp³-hybridized carbons (Fsp3) is 0.643. The molecule has 1 atom stereocenters. The first-order chi connectivity index (χ1) is 8.38. The summed E-state index contributed by atoms with van der Waals surface area (Å²) in [6.45, 7) is 9.20. The van der Waals surface area contributed by atoms with Gasteiger partial charge in [-0.05, 0) is 45.9 Å². The zero-order valence-electron chi connectivity index (χ0n) is 11.7. The topological polar surface area (TPSA) is 54.3 Å². The maximum Gasteiger partial charge on any atom is 0.310 e. The van der Waals surface area contributed by atoms with Crippen molar-refractivity contribution in [3.63, 3.8) is 0 Å². The summed E-state index contributed by atoms with van der Waals surface area (Å²) in [6, 6.07) is 4.26. The van der Waals surface area contributed by atoms with E-state index in [1.165, 1.54) is 0 Å². The van der Waals surface area contributed by atoms with Gasteiger partial charge in [0.05, 0.1) is 5.41 Å². The van der Waals surface area contributed by atoms with Crippen molar-refractivity contribution in [1.29, 1.82) is 0 Å². The number of nitrogens with zero attached hydrogens (tertiary/aromatic N) is 1. The molecule has 0 aliphatic rings. The van der Waals surface area contributed by atoms with Gasteiger partial charge in [0, 0.05) is 24.5 Å². The quantitative estimate of drug-likeness (QED) is 0.784. The lowest BCUT2D eigenvalue weighted by molar-refractivity contribution is -0.147. The molecule has 102 valence electrons. The lowest BCUT2D eigenvalue weighted by Gasteiger charge is -2.24. The van der Waals surface area contributed by atoms with E-state index in [0.29, 0.717) is 6.54 Å². The van der Waals surface area contributed by atoms with Crippen LogP contribution in [0, 0.1) is 5.41 Å². The Kier molecular flexibility index (Phi) is 4.96. The lowest BCUT2D eigenvalue weighted by atomic mass is 9.93. The van der Waals surface area contributed by atoms with Crippen LogP contribution in [0.25, 0.3) is 0 Å². The highest BCUT2D eigenvalue weighted by molar-refractivity contribution is 5.73. The molecule has 0 fully saturated rings. The number of carbonyl (C=O) groups is 1. The number of aliphatic carboxylic acids is 1. The molecule has 1 heterocycles. The fourth-order valence-electron chi connectivity index (χ4n) is 1.92. The molecule has 1 aromatic heterocycles. The van der Waals surface area contributed by atoms with E-state index < -0.39 is 11.4 Å². The van der Waals surface area contributed by atoms with Crippen LogP contribution in [0.2, 0.25) is 0 Å². The third-order valence-corrected chi connectivity index (χ3v) is 3.15. The Bertz CT molecular complexity index is 396. The monoisotopic (exact) mass is 252 g/mol. The van der Waals surface area contributed by atoms with Gasteiger partial charge in [0.15, 0.2) is 0 Å². The van der Waals surface area contributed by atoms with Gasteiger partial charge in [0.1, 0.15) is 0 Å². The van der Waals surface area contributed by atoms with E-state index in [0.717, 1.165) is 18.7 Å². The van der Waals surface area contributed by atoms with Crippen molar-refractivity contribution in [3.05, 3.63) is 24.0 Å². The van der Waals surface area contributed by atoms with Crippen molar-refractivity contribution in [1.82, 2.24) is 9.88 Å². The summed E-state index contributed by atoms with van der Waals surface area (Å²) >= 11 is 0. The highest BCUT2D eigenvalue weighted by atomic mass is 16.4. The van der Waals surface area contributed by atoms with Crippen LogP contribution >= 0.6 is 0 Å². The molecule has 0 bridgehead atoms. The van der Waals surface area contributed by atoms with E-state index in [4.69, 9.17) is 0 Å². The maximum absolute atomic E-state index is 11.2. The SMILES string of the molecule is CCCNC(C)c1cccn1CC(C)(C)C(=O)O. The fourth-order valence-corrected chi connectivity index (χ4v) is 1.92. The zero-order chi connectivity index (χ0) is 13.8. The van der Waals surface area contributed by atoms with Gasteiger partial charge in [-0.15, -0.1) is 0 Å². The van der Waals surface area contributed by atoms with Crippen LogP contribution in [0.1, 0.15) is 45.9 Å². The smallest absolute Gasteiger partial charge is 0.310 e. The minimum Gasteiger partial charge on any atom is -0.481 e. The average molecular weight is 252 g/mol. The summed E-state index contributed by atoms with van der Waals surface area (Å²) in [5.74, 6) is -0.767. The first kappa shape index (κ1) is 14.8. The maximum atomic E-state index is 11.2. The number of nitrogens with one attached hydrogen (secondary N) is 1. The molecule has 0 aliphatic carbocycles. The van der Waals surface area contributed by atoms with Gasteiger partial charge in [-0.25, -0.2) is 0 Å². The molecule has 0 aliphatic heterocycles. The molecule has 1 unspecified atom stereocenters. The Morgan fingerprint density at radius 2 is 2.22 bits per heavy atom. The molecule has 1 rings (SSSR count). The van der Waals surface area contributed by atoms with Crippen LogP contribution in [-0.2, 0) is 11.3 Å². The number of aromatic nitrogens is 1. The molecule has 1 aromatic rings. The van der Waals surface area contributed by atoms with Crippen LogP contribution in [0.3, 0.4) is 0 Å². The summed E-state index contributed by atoms with van der Waals surface area (Å²) < 4.78 is 2.03. The number of carboxylic acids is 1. The van der Waals surface area contributed by atoms with E-state index in [2.05, 4.69) is 19.2 Å². The Morgan fingerprint density at radius 3 is 2.78 bits per heavy atom. The second-order valence-electron chi connectivity index (χ2n) is 5.43. The highest BCUT2D eigenvalue weighted by Crippen LogP contribution is 2.22. The van der Waals surface area contributed by atoms with E-state index >= 15 is 0 Å². The van der Waals surface area contributed by atoms with Crippen molar-refractivity contribution in [2.75, 3.05) is 6.54 Å². The second-order valence-corrected chi connectivity index (χ2v) is 5.43. The third-order valence-electron chi connectivity index (χ3n) is 3.15. The van der Waals surface area contributed by atoms with Gasteiger partial charge in [-0.2, -0.15) is 0 Å². The molecule has 18 heavy (non-hydrogen) atoms. The van der Waals surface area contributed by atoms with E-state index in [-0.39, 0.29) is 6.04 Å². The molecular formula is C14H24N2O2. The van der Waals surface area contributed by atoms with Gasteiger partial charge >= 0.3 is 5.97 Å². The summed E-state index contributed by atoms with van der Waals surface area (Å²) in [5, 5.41) is 12.6. The predicted octanol–water partition coefficient (Wildman–Crippen LogP) is 2.66. The van der Waals surface area contributed by atoms with Crippen molar-refractivity contribution in [2.45, 2.75) is 46.7 Å². The first-order valence-corrected chi connectivity index (χ1v) is 6.50. The third kappa shape index (κ3) is 3.60. The molecular weight excluding hydrogens is 228 g/mol. The molecule has 0 spiro atoms. The molecule has 0 saturated carbocycles. The number of carboxylic acid groups (broad SMARTS) is 1. The minimum absolute atomic E-state index is 0.240. The number of hydrogen-bond donors (Lipinski definition) is 2. The Hall–Kier alpha value is -1.29. The van der Waals surface area contributed by atoms with Crippen LogP contribution in [-0.4, -0.2) is 22.2 Å². The number of rotatable bonds is 7. The highest BCUT2D eigenvalue weighted by Gasteiger charge is 2.28. The van der Waals surface area contributed by atoms with Crippen molar-refractivity contribution >= 4 is 5.97 Å². The molecule has 4 nitrogen and oxygen atoms in total. The van der Waals surface area contributed by atoms with E-state index in [1.807, 2.05) is 22.9 Å². The van der Waals surface area contributed by atoms with Crippen molar-refractivity contribution < 1.29 is 9.90 Å². The van der Waals surface area contributed by atoms with Crippen LogP contribution in [0.4, 0.5) is 0 Å². The first-order valence-electron chi connectivity index (χ1n) is 6.50. The van der Waals surface area contributed by atoms with E-state index in [1.54, 1.807) is 13.8 Å². The summed E-state index contributed by atoms with van der Waals surface area (Å²) in [7, 11) is 0. The Balaban J connectivity index is 2.79. The zero-order valence-corrected chi connectivity index (χ0v) is 11.7. The Morgan fingerprint density at radius 1 is 1.56 bits per heavy atom. The molecule has 0 aromatic carbocycles. The van der Waals surface area contributed by atoms with Gasteiger partial charge in [0.2, 0.25) is 0 Å². The largest absolute Gasteiger partial charge is 0.481 e. The van der Waals surface area contributed by atoms with Crippen molar-refractivity contribution in [3.8, 4) is 0 Å². The van der Waals surface area contributed by atoms with Crippen molar-refractivity contribution in [2.24, 2.45) is 5.41 Å². The Labute approximate surface area is 109 Å². The average Bonchev–Trinajstić information content (AvgIpc) is 2.73. The van der Waals surface area contributed by atoms with Gasteiger partial charge < -0.3 is 15.0 Å². The predicted molar refractivity (Wildman–Crippen MR) is 72.6 cm³/mol. The van der Waals surface area contributed by atoms with Crippen LogP contribution in [0.5, 0.6) is 0 Å². The number of hydrogen-bond acceptors (Lipinski definition) is 2. The van der Waals surface area contributed by atoms with Crippen LogP contribution in [0.15, 0.2) is 18.3 Å². The molecule has 0 radical (unpaired) electrons. The summed E-state index contributed by atoms with van der Waals surface area (Å²) in [6.07, 6.45) is 3.04. The van der Waals surface area contributed by atoms with Gasteiger partial charge in [-0.1, -0.05) is 6.92 Å². The second kappa shape index (κ2) is 6.05. The minimum atomic E-state index is -0.767. The standard InChI is InChI=1S/C14H24N2O2/c1-5-8-15-11(2)12-7-6-9-16(12)10-14(3,4)13(17)18/h6-7,9,11,15H,5,8,10H2,1-4H3,(H,17,18). The molecule has 2 N–H and O–H groups in total. The van der Waals surface area contributed by atoms with Gasteiger partial charge in [-0.3, -0.25) is 4.79 Å². The van der Waals surface area contributed by atoms with Gasteiger partial charge in [0.25, 0.3) is 0 Å². The van der Waals surface area contributed by atoms with E-state index in [9.17, 15) is 9.90 Å². The summed E-state index contributed by atoms with van der Waals surface area (Å²) in [5.41, 5.74) is 0.385. The summed E-state index contributed by atoms with van der Waals surface area (Å²) in [4.78, 5) is 11.2. The molecule has 0 amide bonds.